The Bertz CT molecular complexity index is 779. The number of rotatable bonds is 4. The minimum Gasteiger partial charge on any atom is -0.289 e. The number of carbonyl (C=O) groups excluding carboxylic acids is 1. The van der Waals surface area contributed by atoms with Crippen LogP contribution in [0, 0.1) is 6.92 Å². The average molecular weight is 304 g/mol. The summed E-state index contributed by atoms with van der Waals surface area (Å²) in [5, 5.41) is 0. The van der Waals surface area contributed by atoms with Gasteiger partial charge in [-0.25, -0.2) is 0 Å². The van der Waals surface area contributed by atoms with Crippen LogP contribution in [0.5, 0.6) is 0 Å². The summed E-state index contributed by atoms with van der Waals surface area (Å²) in [7, 11) is 0. The lowest BCUT2D eigenvalue weighted by Gasteiger charge is -2.08. The van der Waals surface area contributed by atoms with E-state index in [2.05, 4.69) is 18.2 Å². The molecule has 3 aromatic carbocycles. The third-order valence-electron chi connectivity index (χ3n) is 3.47. The van der Waals surface area contributed by atoms with E-state index in [9.17, 15) is 4.79 Å². The molecule has 0 radical (unpaired) electrons. The van der Waals surface area contributed by atoms with Crippen molar-refractivity contribution >= 4 is 17.5 Å². The molecule has 22 heavy (non-hydrogen) atoms. The highest BCUT2D eigenvalue weighted by molar-refractivity contribution is 7.99. The minimum atomic E-state index is 0.0774. The molecule has 3 rings (SSSR count). The van der Waals surface area contributed by atoms with Crippen molar-refractivity contribution in [1.29, 1.82) is 0 Å². The molecule has 0 heterocycles. The van der Waals surface area contributed by atoms with Crippen LogP contribution >= 0.6 is 11.8 Å². The molecule has 0 saturated heterocycles. The van der Waals surface area contributed by atoms with Gasteiger partial charge in [-0.1, -0.05) is 66.4 Å². The Balaban J connectivity index is 1.92. The molecule has 108 valence electrons. The smallest absolute Gasteiger partial charge is 0.193 e. The van der Waals surface area contributed by atoms with E-state index in [0.29, 0.717) is 0 Å². The van der Waals surface area contributed by atoms with Crippen LogP contribution in [0.25, 0.3) is 0 Å². The molecule has 0 aliphatic heterocycles. The Labute approximate surface area is 135 Å². The average Bonchev–Trinajstić information content (AvgIpc) is 2.58. The molecular weight excluding hydrogens is 288 g/mol. The van der Waals surface area contributed by atoms with Gasteiger partial charge in [-0.05, 0) is 36.8 Å². The monoisotopic (exact) mass is 304 g/mol. The van der Waals surface area contributed by atoms with Crippen molar-refractivity contribution < 1.29 is 4.79 Å². The van der Waals surface area contributed by atoms with Crippen LogP contribution in [0.4, 0.5) is 0 Å². The van der Waals surface area contributed by atoms with E-state index in [1.54, 1.807) is 11.8 Å². The standard InChI is InChI=1S/C20H16OS/c1-15-12-13-18(22-17-10-6-3-7-11-17)14-19(15)20(21)16-8-4-2-5-9-16/h2-14H,1H3. The SMILES string of the molecule is Cc1ccc(Sc2ccccc2)cc1C(=O)c1ccccc1. The molecule has 0 unspecified atom stereocenters. The molecule has 0 fully saturated rings. The summed E-state index contributed by atoms with van der Waals surface area (Å²) in [5.74, 6) is 0.0774. The van der Waals surface area contributed by atoms with E-state index >= 15 is 0 Å². The van der Waals surface area contributed by atoms with Gasteiger partial charge in [0.25, 0.3) is 0 Å². The molecule has 0 amide bonds. The van der Waals surface area contributed by atoms with Gasteiger partial charge in [-0.15, -0.1) is 0 Å². The second-order valence-corrected chi connectivity index (χ2v) is 6.23. The lowest BCUT2D eigenvalue weighted by atomic mass is 9.99. The van der Waals surface area contributed by atoms with Gasteiger partial charge in [-0.3, -0.25) is 4.79 Å². The number of aryl methyl sites for hydroxylation is 1. The number of hydrogen-bond donors (Lipinski definition) is 0. The fraction of sp³-hybridized carbons (Fsp3) is 0.0500. The molecule has 0 aliphatic rings. The van der Waals surface area contributed by atoms with Crippen molar-refractivity contribution in [3.05, 3.63) is 95.6 Å². The summed E-state index contributed by atoms with van der Waals surface area (Å²) < 4.78 is 0. The summed E-state index contributed by atoms with van der Waals surface area (Å²) in [6, 6.07) is 25.7. The molecule has 1 nitrogen and oxygen atoms in total. The molecule has 0 aliphatic carbocycles. The fourth-order valence-corrected chi connectivity index (χ4v) is 3.16. The summed E-state index contributed by atoms with van der Waals surface area (Å²) in [6.07, 6.45) is 0. The van der Waals surface area contributed by atoms with Gasteiger partial charge in [0.1, 0.15) is 0 Å². The highest BCUT2D eigenvalue weighted by atomic mass is 32.2. The third kappa shape index (κ3) is 3.29. The molecule has 0 spiro atoms. The molecular formula is C20H16OS. The zero-order chi connectivity index (χ0) is 15.4. The van der Waals surface area contributed by atoms with Crippen LogP contribution in [0.2, 0.25) is 0 Å². The fourth-order valence-electron chi connectivity index (χ4n) is 2.28. The Morgan fingerprint density at radius 3 is 2.09 bits per heavy atom. The van der Waals surface area contributed by atoms with E-state index in [-0.39, 0.29) is 5.78 Å². The minimum absolute atomic E-state index is 0.0774. The van der Waals surface area contributed by atoms with Crippen molar-refractivity contribution in [2.75, 3.05) is 0 Å². The Kier molecular flexibility index (Phi) is 4.40. The zero-order valence-corrected chi connectivity index (χ0v) is 13.1. The molecule has 0 saturated carbocycles. The van der Waals surface area contributed by atoms with Gasteiger partial charge in [0.15, 0.2) is 5.78 Å². The lowest BCUT2D eigenvalue weighted by molar-refractivity contribution is 0.103. The first-order valence-corrected chi connectivity index (χ1v) is 7.99. The van der Waals surface area contributed by atoms with E-state index in [0.717, 1.165) is 21.6 Å². The Morgan fingerprint density at radius 1 is 0.773 bits per heavy atom. The van der Waals surface area contributed by atoms with Crippen LogP contribution in [0.3, 0.4) is 0 Å². The van der Waals surface area contributed by atoms with Crippen molar-refractivity contribution in [2.45, 2.75) is 16.7 Å². The predicted molar refractivity (Wildman–Crippen MR) is 91.6 cm³/mol. The van der Waals surface area contributed by atoms with E-state index in [4.69, 9.17) is 0 Å². The van der Waals surface area contributed by atoms with Crippen LogP contribution in [0.15, 0.2) is 88.7 Å². The van der Waals surface area contributed by atoms with Gasteiger partial charge in [0.05, 0.1) is 0 Å². The second kappa shape index (κ2) is 6.63. The van der Waals surface area contributed by atoms with Gasteiger partial charge >= 0.3 is 0 Å². The number of hydrogen-bond acceptors (Lipinski definition) is 2. The second-order valence-electron chi connectivity index (χ2n) is 5.09. The molecule has 0 aromatic heterocycles. The normalized spacial score (nSPS) is 10.4. The maximum atomic E-state index is 12.7. The van der Waals surface area contributed by atoms with Gasteiger partial charge in [-0.2, -0.15) is 0 Å². The lowest BCUT2D eigenvalue weighted by Crippen LogP contribution is -2.03. The first-order valence-electron chi connectivity index (χ1n) is 7.17. The number of benzene rings is 3. The van der Waals surface area contributed by atoms with E-state index in [1.165, 1.54) is 4.90 Å². The molecule has 3 aromatic rings. The molecule has 2 heteroatoms. The topological polar surface area (TPSA) is 17.1 Å². The quantitative estimate of drug-likeness (QED) is 0.602. The molecule has 0 bridgehead atoms. The number of ketones is 1. The van der Waals surface area contributed by atoms with Crippen molar-refractivity contribution in [3.63, 3.8) is 0 Å². The highest BCUT2D eigenvalue weighted by Gasteiger charge is 2.12. The van der Waals surface area contributed by atoms with Crippen LogP contribution in [0.1, 0.15) is 21.5 Å². The predicted octanol–water partition coefficient (Wildman–Crippen LogP) is 5.38. The summed E-state index contributed by atoms with van der Waals surface area (Å²) in [5.41, 5.74) is 2.51. The van der Waals surface area contributed by atoms with Crippen LogP contribution in [-0.2, 0) is 0 Å². The van der Waals surface area contributed by atoms with Gasteiger partial charge in [0, 0.05) is 20.9 Å². The Hall–Kier alpha value is -2.32. The first-order chi connectivity index (χ1) is 10.7. The van der Waals surface area contributed by atoms with Crippen molar-refractivity contribution in [3.8, 4) is 0 Å². The highest BCUT2D eigenvalue weighted by Crippen LogP contribution is 2.29. The largest absolute Gasteiger partial charge is 0.289 e. The van der Waals surface area contributed by atoms with Crippen LogP contribution < -0.4 is 0 Å². The third-order valence-corrected chi connectivity index (χ3v) is 4.47. The maximum Gasteiger partial charge on any atom is 0.193 e. The maximum absolute atomic E-state index is 12.7. The van der Waals surface area contributed by atoms with E-state index < -0.39 is 0 Å². The Morgan fingerprint density at radius 2 is 1.41 bits per heavy atom. The van der Waals surface area contributed by atoms with Gasteiger partial charge < -0.3 is 0 Å². The first kappa shape index (κ1) is 14.6. The summed E-state index contributed by atoms with van der Waals surface area (Å²) in [6.45, 7) is 1.98. The zero-order valence-electron chi connectivity index (χ0n) is 12.3. The summed E-state index contributed by atoms with van der Waals surface area (Å²) >= 11 is 1.67. The van der Waals surface area contributed by atoms with Gasteiger partial charge in [0.2, 0.25) is 0 Å². The van der Waals surface area contributed by atoms with E-state index in [1.807, 2.05) is 67.6 Å². The number of carbonyl (C=O) groups is 1. The van der Waals surface area contributed by atoms with Crippen molar-refractivity contribution in [2.24, 2.45) is 0 Å². The molecule has 0 atom stereocenters. The molecule has 0 N–H and O–H groups in total. The van der Waals surface area contributed by atoms with Crippen molar-refractivity contribution in [1.82, 2.24) is 0 Å². The summed E-state index contributed by atoms with van der Waals surface area (Å²) in [4.78, 5) is 14.9. The van der Waals surface area contributed by atoms with Crippen LogP contribution in [-0.4, -0.2) is 5.78 Å².